The Kier molecular flexibility index (Phi) is 7.52. The first-order chi connectivity index (χ1) is 18.5. The highest BCUT2D eigenvalue weighted by Gasteiger charge is 2.27. The zero-order valence-electron chi connectivity index (χ0n) is 20.9. The maximum atomic E-state index is 13.8. The molecule has 0 saturated heterocycles. The van der Waals surface area contributed by atoms with Crippen molar-refractivity contribution in [3.63, 3.8) is 0 Å². The monoisotopic (exact) mass is 522 g/mol. The van der Waals surface area contributed by atoms with Crippen LogP contribution in [-0.2, 0) is 13.1 Å². The predicted octanol–water partition coefficient (Wildman–Crippen LogP) is 6.51. The zero-order chi connectivity index (χ0) is 26.5. The summed E-state index contributed by atoms with van der Waals surface area (Å²) in [6, 6.07) is 33.0. The van der Waals surface area contributed by atoms with Crippen LogP contribution in [0.25, 0.3) is 16.6 Å². The molecule has 0 spiro atoms. The Morgan fingerprint density at radius 1 is 0.895 bits per heavy atom. The SMILES string of the molecule is CC(c1nc2ccccc2c(=O)n1-c1cccc(Cl)c1)N(Cc1ccccc1)C(=O)NCc1ccccc1. The molecule has 2 amide bonds. The number of carbonyl (C=O) groups excluding carboxylic acids is 1. The molecule has 1 N–H and O–H groups in total. The molecule has 190 valence electrons. The lowest BCUT2D eigenvalue weighted by molar-refractivity contribution is 0.171. The lowest BCUT2D eigenvalue weighted by Crippen LogP contribution is -2.42. The number of para-hydroxylation sites is 1. The fourth-order valence-corrected chi connectivity index (χ4v) is 4.66. The average molecular weight is 523 g/mol. The van der Waals surface area contributed by atoms with Crippen molar-refractivity contribution in [3.8, 4) is 5.69 Å². The Labute approximate surface area is 226 Å². The van der Waals surface area contributed by atoms with Crippen LogP contribution in [0.4, 0.5) is 4.79 Å². The molecular formula is C31H27ClN4O2. The minimum absolute atomic E-state index is 0.218. The summed E-state index contributed by atoms with van der Waals surface area (Å²) >= 11 is 6.31. The van der Waals surface area contributed by atoms with Crippen LogP contribution < -0.4 is 10.9 Å². The van der Waals surface area contributed by atoms with Gasteiger partial charge in [0.1, 0.15) is 5.82 Å². The number of aromatic nitrogens is 2. The lowest BCUT2D eigenvalue weighted by Gasteiger charge is -2.31. The summed E-state index contributed by atoms with van der Waals surface area (Å²) in [5.41, 5.74) is 2.90. The van der Waals surface area contributed by atoms with Crippen molar-refractivity contribution in [2.24, 2.45) is 0 Å². The number of benzene rings is 4. The van der Waals surface area contributed by atoms with E-state index in [1.165, 1.54) is 0 Å². The molecule has 0 fully saturated rings. The van der Waals surface area contributed by atoms with E-state index in [2.05, 4.69) is 5.32 Å². The number of carbonyl (C=O) groups is 1. The molecular weight excluding hydrogens is 496 g/mol. The van der Waals surface area contributed by atoms with Gasteiger partial charge in [-0.15, -0.1) is 0 Å². The molecule has 38 heavy (non-hydrogen) atoms. The van der Waals surface area contributed by atoms with Gasteiger partial charge in [0.2, 0.25) is 0 Å². The van der Waals surface area contributed by atoms with E-state index in [0.29, 0.717) is 40.5 Å². The minimum Gasteiger partial charge on any atom is -0.334 e. The molecule has 0 radical (unpaired) electrons. The second kappa shape index (κ2) is 11.3. The second-order valence-corrected chi connectivity index (χ2v) is 9.48. The lowest BCUT2D eigenvalue weighted by atomic mass is 10.1. The first kappa shape index (κ1) is 25.2. The van der Waals surface area contributed by atoms with E-state index in [1.54, 1.807) is 33.7 Å². The highest BCUT2D eigenvalue weighted by molar-refractivity contribution is 6.30. The summed E-state index contributed by atoms with van der Waals surface area (Å²) in [5, 5.41) is 4.04. The molecule has 0 bridgehead atoms. The molecule has 1 atom stereocenters. The highest BCUT2D eigenvalue weighted by atomic mass is 35.5. The Hall–Kier alpha value is -4.42. The summed E-state index contributed by atoms with van der Waals surface area (Å²) in [6.07, 6.45) is 0. The smallest absolute Gasteiger partial charge is 0.318 e. The predicted molar refractivity (Wildman–Crippen MR) is 151 cm³/mol. The van der Waals surface area contributed by atoms with Crippen LogP contribution in [0.1, 0.15) is 29.9 Å². The Morgan fingerprint density at radius 3 is 2.26 bits per heavy atom. The number of rotatable bonds is 7. The Bertz CT molecular complexity index is 1620. The summed E-state index contributed by atoms with van der Waals surface area (Å²) in [6.45, 7) is 2.60. The van der Waals surface area contributed by atoms with Crippen LogP contribution in [0.2, 0.25) is 5.02 Å². The van der Waals surface area contributed by atoms with Crippen molar-refractivity contribution in [3.05, 3.63) is 142 Å². The first-order valence-electron chi connectivity index (χ1n) is 12.4. The number of hydrogen-bond donors (Lipinski definition) is 1. The van der Waals surface area contributed by atoms with Gasteiger partial charge in [-0.2, -0.15) is 0 Å². The van der Waals surface area contributed by atoms with Crippen LogP contribution in [-0.4, -0.2) is 20.5 Å². The van der Waals surface area contributed by atoms with Crippen LogP contribution in [0.3, 0.4) is 0 Å². The summed E-state index contributed by atoms with van der Waals surface area (Å²) in [4.78, 5) is 34.1. The van der Waals surface area contributed by atoms with Gasteiger partial charge in [0.05, 0.1) is 22.6 Å². The number of urea groups is 1. The third-order valence-electron chi connectivity index (χ3n) is 6.45. The Morgan fingerprint density at radius 2 is 1.55 bits per heavy atom. The number of halogens is 1. The van der Waals surface area contributed by atoms with Gasteiger partial charge in [-0.05, 0) is 48.4 Å². The molecule has 0 aliphatic rings. The largest absolute Gasteiger partial charge is 0.334 e. The molecule has 0 saturated carbocycles. The third-order valence-corrected chi connectivity index (χ3v) is 6.69. The molecule has 5 aromatic rings. The van der Waals surface area contributed by atoms with E-state index in [-0.39, 0.29) is 11.6 Å². The van der Waals surface area contributed by atoms with Gasteiger partial charge in [0, 0.05) is 18.1 Å². The van der Waals surface area contributed by atoms with Crippen molar-refractivity contribution in [2.45, 2.75) is 26.1 Å². The standard InChI is InChI=1S/C31H27ClN4O2/c1-22(35(21-24-13-6-3-7-14-24)31(38)33-20-23-11-4-2-5-12-23)29-34-28-18-9-8-17-27(28)30(37)36(29)26-16-10-15-25(32)19-26/h2-19,22H,20-21H2,1H3,(H,33,38). The van der Waals surface area contributed by atoms with Crippen molar-refractivity contribution in [1.82, 2.24) is 19.8 Å². The maximum Gasteiger partial charge on any atom is 0.318 e. The molecule has 6 nitrogen and oxygen atoms in total. The van der Waals surface area contributed by atoms with Crippen LogP contribution in [0, 0.1) is 0 Å². The molecule has 1 unspecified atom stereocenters. The molecule has 1 heterocycles. The van der Waals surface area contributed by atoms with Gasteiger partial charge in [0.25, 0.3) is 5.56 Å². The van der Waals surface area contributed by atoms with Gasteiger partial charge in [-0.1, -0.05) is 90.5 Å². The van der Waals surface area contributed by atoms with E-state index < -0.39 is 6.04 Å². The third kappa shape index (κ3) is 5.45. The van der Waals surface area contributed by atoms with Crippen LogP contribution in [0.5, 0.6) is 0 Å². The number of nitrogens with zero attached hydrogens (tertiary/aromatic N) is 3. The number of nitrogens with one attached hydrogen (secondary N) is 1. The summed E-state index contributed by atoms with van der Waals surface area (Å²) < 4.78 is 1.56. The fourth-order valence-electron chi connectivity index (χ4n) is 4.47. The minimum atomic E-state index is -0.553. The molecule has 1 aromatic heterocycles. The van der Waals surface area contributed by atoms with Gasteiger partial charge >= 0.3 is 6.03 Å². The zero-order valence-corrected chi connectivity index (χ0v) is 21.7. The first-order valence-corrected chi connectivity index (χ1v) is 12.8. The second-order valence-electron chi connectivity index (χ2n) is 9.04. The fraction of sp³-hybridized carbons (Fsp3) is 0.129. The molecule has 0 aliphatic heterocycles. The quantitative estimate of drug-likeness (QED) is 0.265. The number of amides is 2. The van der Waals surface area contributed by atoms with E-state index in [0.717, 1.165) is 11.1 Å². The van der Waals surface area contributed by atoms with Crippen LogP contribution >= 0.6 is 11.6 Å². The van der Waals surface area contributed by atoms with Crippen molar-refractivity contribution < 1.29 is 4.79 Å². The number of hydrogen-bond acceptors (Lipinski definition) is 3. The number of fused-ring (bicyclic) bond motifs is 1. The van der Waals surface area contributed by atoms with Crippen LogP contribution in [0.15, 0.2) is 114 Å². The van der Waals surface area contributed by atoms with Crippen molar-refractivity contribution in [2.75, 3.05) is 0 Å². The van der Waals surface area contributed by atoms with E-state index in [9.17, 15) is 9.59 Å². The van der Waals surface area contributed by atoms with Gasteiger partial charge in [0.15, 0.2) is 0 Å². The average Bonchev–Trinajstić information content (AvgIpc) is 2.95. The summed E-state index contributed by atoms with van der Waals surface area (Å²) in [7, 11) is 0. The molecule has 0 aliphatic carbocycles. The van der Waals surface area contributed by atoms with E-state index in [1.807, 2.05) is 91.9 Å². The van der Waals surface area contributed by atoms with E-state index in [4.69, 9.17) is 16.6 Å². The van der Waals surface area contributed by atoms with Gasteiger partial charge in [-0.25, -0.2) is 9.78 Å². The molecule has 7 heteroatoms. The van der Waals surface area contributed by atoms with E-state index >= 15 is 0 Å². The highest BCUT2D eigenvalue weighted by Crippen LogP contribution is 2.25. The van der Waals surface area contributed by atoms with Crippen molar-refractivity contribution in [1.29, 1.82) is 0 Å². The maximum absolute atomic E-state index is 13.8. The normalized spacial score (nSPS) is 11.7. The molecule has 4 aromatic carbocycles. The molecule has 5 rings (SSSR count). The topological polar surface area (TPSA) is 67.2 Å². The van der Waals surface area contributed by atoms with Crippen molar-refractivity contribution >= 4 is 28.5 Å². The summed E-state index contributed by atoms with van der Waals surface area (Å²) in [5.74, 6) is 0.446. The Balaban J connectivity index is 1.60. The van der Waals surface area contributed by atoms with Gasteiger partial charge in [-0.3, -0.25) is 9.36 Å². The van der Waals surface area contributed by atoms with Gasteiger partial charge < -0.3 is 10.2 Å².